The number of carbonyl (C=O) groups is 2. The highest BCUT2D eigenvalue weighted by molar-refractivity contribution is 5.73. The zero-order valence-corrected chi connectivity index (χ0v) is 25.9. The van der Waals surface area contributed by atoms with E-state index in [4.69, 9.17) is 4.74 Å². The number of carboxylic acids is 1. The average molecular weight is 595 g/mol. The first kappa shape index (κ1) is 33.7. The quantitative estimate of drug-likeness (QED) is 0.162. The lowest BCUT2D eigenvalue weighted by molar-refractivity contribution is -0.384. The van der Waals surface area contributed by atoms with Crippen molar-refractivity contribution in [1.29, 1.82) is 0 Å². The lowest BCUT2D eigenvalue weighted by Crippen LogP contribution is -2.50. The molecular weight excluding hydrogens is 548 g/mol. The minimum Gasteiger partial charge on any atom is -0.480 e. The Kier molecular flexibility index (Phi) is 12.3. The SMILES string of the molecule is C=CCN(C(=O)OCc1ccc([N+](=O)[O-])cc1)C1CCN(CCC(C)(CN(C)C(C(=O)O)C(C)C)c2ccccc2)CC1. The molecule has 1 N–H and O–H groups in total. The molecule has 0 bridgehead atoms. The number of benzene rings is 2. The molecular formula is C33H46N4O6. The second-order valence-corrected chi connectivity index (χ2v) is 12.1. The monoisotopic (exact) mass is 594 g/mol. The number of nitro benzene ring substituents is 1. The Morgan fingerprint density at radius 1 is 1.16 bits per heavy atom. The second kappa shape index (κ2) is 15.6. The van der Waals surface area contributed by atoms with Gasteiger partial charge in [-0.3, -0.25) is 19.8 Å². The van der Waals surface area contributed by atoms with E-state index in [1.54, 1.807) is 23.1 Å². The molecule has 2 unspecified atom stereocenters. The molecule has 1 heterocycles. The van der Waals surface area contributed by atoms with E-state index in [2.05, 4.69) is 30.5 Å². The number of carbonyl (C=O) groups excluding carboxylic acids is 1. The van der Waals surface area contributed by atoms with Gasteiger partial charge in [0.25, 0.3) is 5.69 Å². The highest BCUT2D eigenvalue weighted by Gasteiger charge is 2.35. The number of nitrogens with zero attached hydrogens (tertiary/aromatic N) is 4. The van der Waals surface area contributed by atoms with Crippen LogP contribution < -0.4 is 0 Å². The van der Waals surface area contributed by atoms with E-state index in [9.17, 15) is 24.8 Å². The van der Waals surface area contributed by atoms with Crippen molar-refractivity contribution in [2.45, 2.75) is 64.1 Å². The van der Waals surface area contributed by atoms with Crippen LogP contribution in [-0.4, -0.2) is 88.6 Å². The van der Waals surface area contributed by atoms with Crippen molar-refractivity contribution in [3.05, 3.63) is 88.5 Å². The fraction of sp³-hybridized carbons (Fsp3) is 0.515. The molecule has 1 saturated heterocycles. The minimum atomic E-state index is -0.801. The molecule has 2 atom stereocenters. The van der Waals surface area contributed by atoms with E-state index >= 15 is 0 Å². The number of aliphatic carboxylic acids is 1. The fourth-order valence-electron chi connectivity index (χ4n) is 6.10. The molecule has 2 aromatic rings. The predicted molar refractivity (Wildman–Crippen MR) is 167 cm³/mol. The Morgan fingerprint density at radius 2 is 1.79 bits per heavy atom. The van der Waals surface area contributed by atoms with Gasteiger partial charge < -0.3 is 19.6 Å². The van der Waals surface area contributed by atoms with E-state index in [0.29, 0.717) is 18.7 Å². The van der Waals surface area contributed by atoms with E-state index in [1.165, 1.54) is 17.7 Å². The molecule has 0 aliphatic carbocycles. The second-order valence-electron chi connectivity index (χ2n) is 12.1. The molecule has 10 nitrogen and oxygen atoms in total. The van der Waals surface area contributed by atoms with Crippen molar-refractivity contribution < 1.29 is 24.4 Å². The van der Waals surface area contributed by atoms with Crippen molar-refractivity contribution in [2.75, 3.05) is 39.8 Å². The zero-order valence-electron chi connectivity index (χ0n) is 25.9. The van der Waals surface area contributed by atoms with Crippen molar-refractivity contribution in [1.82, 2.24) is 14.7 Å². The summed E-state index contributed by atoms with van der Waals surface area (Å²) in [7, 11) is 1.90. The van der Waals surface area contributed by atoms with Crippen molar-refractivity contribution in [3.8, 4) is 0 Å². The largest absolute Gasteiger partial charge is 0.480 e. The molecule has 43 heavy (non-hydrogen) atoms. The van der Waals surface area contributed by atoms with Gasteiger partial charge in [0.05, 0.1) is 4.92 Å². The lowest BCUT2D eigenvalue weighted by atomic mass is 9.78. The number of rotatable bonds is 15. The van der Waals surface area contributed by atoms with E-state index in [1.807, 2.05) is 44.0 Å². The van der Waals surface area contributed by atoms with Crippen LogP contribution in [-0.2, 0) is 21.6 Å². The van der Waals surface area contributed by atoms with Crippen LogP contribution in [0.4, 0.5) is 10.5 Å². The Hall–Kier alpha value is -3.76. The van der Waals surface area contributed by atoms with Gasteiger partial charge in [-0.15, -0.1) is 6.58 Å². The number of hydrogen-bond acceptors (Lipinski definition) is 7. The third-order valence-corrected chi connectivity index (χ3v) is 8.48. The number of non-ortho nitro benzene ring substituents is 1. The number of piperidine rings is 1. The van der Waals surface area contributed by atoms with Gasteiger partial charge in [-0.1, -0.05) is 57.2 Å². The number of ether oxygens (including phenoxy) is 1. The van der Waals surface area contributed by atoms with Gasteiger partial charge in [0.2, 0.25) is 0 Å². The molecule has 0 aromatic heterocycles. The molecule has 3 rings (SSSR count). The van der Waals surface area contributed by atoms with E-state index < -0.39 is 23.0 Å². The predicted octanol–water partition coefficient (Wildman–Crippen LogP) is 5.57. The summed E-state index contributed by atoms with van der Waals surface area (Å²) in [5, 5.41) is 20.7. The molecule has 234 valence electrons. The summed E-state index contributed by atoms with van der Waals surface area (Å²) in [6.45, 7) is 13.5. The van der Waals surface area contributed by atoms with Gasteiger partial charge in [-0.05, 0) is 62.0 Å². The molecule has 0 radical (unpaired) electrons. The maximum Gasteiger partial charge on any atom is 0.410 e. The number of hydrogen-bond donors (Lipinski definition) is 1. The molecule has 1 fully saturated rings. The van der Waals surface area contributed by atoms with Gasteiger partial charge in [-0.25, -0.2) is 4.79 Å². The van der Waals surface area contributed by atoms with Crippen molar-refractivity contribution in [2.24, 2.45) is 5.92 Å². The normalized spacial score (nSPS) is 16.4. The number of amides is 1. The fourth-order valence-corrected chi connectivity index (χ4v) is 6.10. The van der Waals surface area contributed by atoms with Gasteiger partial charge >= 0.3 is 12.1 Å². The summed E-state index contributed by atoms with van der Waals surface area (Å²) in [4.78, 5) is 41.6. The summed E-state index contributed by atoms with van der Waals surface area (Å²) in [5.41, 5.74) is 1.62. The Labute approximate surface area is 255 Å². The van der Waals surface area contributed by atoms with Gasteiger partial charge in [0.1, 0.15) is 12.6 Å². The molecule has 1 amide bonds. The topological polar surface area (TPSA) is 116 Å². The third kappa shape index (κ3) is 9.36. The van der Waals surface area contributed by atoms with Crippen LogP contribution in [0.1, 0.15) is 51.2 Å². The smallest absolute Gasteiger partial charge is 0.410 e. The maximum absolute atomic E-state index is 13.0. The maximum atomic E-state index is 13.0. The van der Waals surface area contributed by atoms with Crippen LogP contribution in [0.25, 0.3) is 0 Å². The first-order chi connectivity index (χ1) is 20.4. The van der Waals surface area contributed by atoms with Gasteiger partial charge in [0.15, 0.2) is 0 Å². The first-order valence-corrected chi connectivity index (χ1v) is 14.9. The summed E-state index contributed by atoms with van der Waals surface area (Å²) >= 11 is 0. The lowest BCUT2D eigenvalue weighted by Gasteiger charge is -2.41. The Balaban J connectivity index is 1.59. The first-order valence-electron chi connectivity index (χ1n) is 14.9. The van der Waals surface area contributed by atoms with Gasteiger partial charge in [-0.2, -0.15) is 0 Å². The minimum absolute atomic E-state index is 0.00811. The van der Waals surface area contributed by atoms with Crippen molar-refractivity contribution in [3.63, 3.8) is 0 Å². The molecule has 10 heteroatoms. The van der Waals surface area contributed by atoms with Crippen LogP contribution in [0, 0.1) is 16.0 Å². The highest BCUT2D eigenvalue weighted by Crippen LogP contribution is 2.31. The Bertz CT molecular complexity index is 1210. The molecule has 1 aliphatic heterocycles. The van der Waals surface area contributed by atoms with Crippen molar-refractivity contribution >= 4 is 17.7 Å². The molecule has 1 aliphatic rings. The van der Waals surface area contributed by atoms with Crippen LogP contribution in [0.15, 0.2) is 67.3 Å². The summed E-state index contributed by atoms with van der Waals surface area (Å²) in [6.07, 6.45) is 3.75. The summed E-state index contributed by atoms with van der Waals surface area (Å²) in [5.74, 6) is -0.814. The van der Waals surface area contributed by atoms with Gasteiger partial charge in [0, 0.05) is 49.8 Å². The summed E-state index contributed by atoms with van der Waals surface area (Å²) < 4.78 is 5.56. The standard InChI is InChI=1S/C33H46N4O6/c1-6-19-36(32(40)43-23-26-12-14-29(15-13-26)37(41)42)28-16-20-35(21-17-28)22-18-33(4,27-10-8-7-9-11-27)24-34(5)30(25(2)3)31(38)39/h6-15,25,28,30H,1,16-24H2,2-5H3,(H,38,39). The number of likely N-dealkylation sites (tertiary alicyclic amines) is 1. The van der Waals surface area contributed by atoms with E-state index in [0.717, 1.165) is 38.9 Å². The van der Waals surface area contributed by atoms with Crippen LogP contribution in [0.3, 0.4) is 0 Å². The van der Waals surface area contributed by atoms with Crippen LogP contribution in [0.2, 0.25) is 0 Å². The molecule has 2 aromatic carbocycles. The zero-order chi connectivity index (χ0) is 31.6. The number of likely N-dealkylation sites (N-methyl/N-ethyl adjacent to an activating group) is 1. The molecule has 0 spiro atoms. The third-order valence-electron chi connectivity index (χ3n) is 8.48. The average Bonchev–Trinajstić information content (AvgIpc) is 2.98. The van der Waals surface area contributed by atoms with Crippen LogP contribution >= 0.6 is 0 Å². The van der Waals surface area contributed by atoms with E-state index in [-0.39, 0.29) is 29.7 Å². The number of nitro groups is 1. The highest BCUT2D eigenvalue weighted by atomic mass is 16.6. The van der Waals surface area contributed by atoms with Crippen LogP contribution in [0.5, 0.6) is 0 Å². The number of carboxylic acid groups (broad SMARTS) is 1. The molecule has 0 saturated carbocycles. The Morgan fingerprint density at radius 3 is 2.33 bits per heavy atom. The summed E-state index contributed by atoms with van der Waals surface area (Å²) in [6, 6.07) is 15.8.